The number of ether oxygens (including phenoxy) is 2. The van der Waals surface area contributed by atoms with E-state index in [0.29, 0.717) is 35.1 Å². The zero-order valence-corrected chi connectivity index (χ0v) is 27.2. The second kappa shape index (κ2) is 14.5. The molecule has 0 spiro atoms. The van der Waals surface area contributed by atoms with Gasteiger partial charge in [0, 0.05) is 38.2 Å². The van der Waals surface area contributed by atoms with Gasteiger partial charge in [0.25, 0.3) is 0 Å². The van der Waals surface area contributed by atoms with Crippen molar-refractivity contribution in [3.8, 4) is 21.7 Å². The van der Waals surface area contributed by atoms with Gasteiger partial charge in [0.1, 0.15) is 29.0 Å². The Labute approximate surface area is 271 Å². The lowest BCUT2D eigenvalue weighted by Crippen LogP contribution is -2.39. The maximum absolute atomic E-state index is 16.5. The number of carbonyl (C=O) groups excluding carboxylic acids is 1. The number of hydrogen-bond acceptors (Lipinski definition) is 7. The van der Waals surface area contributed by atoms with Crippen molar-refractivity contribution in [1.29, 1.82) is 0 Å². The lowest BCUT2D eigenvalue weighted by Gasteiger charge is -2.29. The predicted octanol–water partition coefficient (Wildman–Crippen LogP) is 6.62. The molecule has 14 heteroatoms. The summed E-state index contributed by atoms with van der Waals surface area (Å²) < 4.78 is 70.2. The fraction of sp³-hybridized carbons (Fsp3) is 0.281. The standard InChI is InChI=1S/C32H31F3N4O4S2.H2O/c1-32(2,3)43-31(40)38-16-12-21(13-17-38)30-37-28(29(44-30)20-10-14-36-15-11-20)23-6-5-7-25(27(23)35)39(19-42-4)45(41)26-18-22(33)8-9-24(26)34;/h5-12,14-15,18H,13,16-17,19H2,1-4H3;1H2. The van der Waals surface area contributed by atoms with E-state index < -0.39 is 45.0 Å². The van der Waals surface area contributed by atoms with Crippen LogP contribution < -0.4 is 4.31 Å². The van der Waals surface area contributed by atoms with E-state index >= 15 is 4.39 Å². The molecule has 46 heavy (non-hydrogen) atoms. The molecule has 1 aliphatic rings. The summed E-state index contributed by atoms with van der Waals surface area (Å²) in [5, 5.41) is 0.657. The van der Waals surface area contributed by atoms with Crippen LogP contribution in [0.15, 0.2) is 71.9 Å². The number of benzene rings is 2. The molecule has 4 aromatic rings. The van der Waals surface area contributed by atoms with Crippen molar-refractivity contribution in [3.05, 3.63) is 89.5 Å². The molecule has 2 aromatic heterocycles. The van der Waals surface area contributed by atoms with Crippen LogP contribution in [-0.4, -0.2) is 63.2 Å². The number of methoxy groups -OCH3 is 1. The summed E-state index contributed by atoms with van der Waals surface area (Å²) in [6.45, 7) is 5.83. The van der Waals surface area contributed by atoms with E-state index in [9.17, 15) is 17.8 Å². The number of hydrogen-bond donors (Lipinski definition) is 0. The van der Waals surface area contributed by atoms with Crippen molar-refractivity contribution in [2.75, 3.05) is 31.2 Å². The number of rotatable bonds is 8. The lowest BCUT2D eigenvalue weighted by molar-refractivity contribution is 0.0270. The molecule has 0 saturated carbocycles. The molecular weight excluding hydrogens is 642 g/mol. The Morgan fingerprint density at radius 1 is 1.11 bits per heavy atom. The van der Waals surface area contributed by atoms with Gasteiger partial charge < -0.3 is 19.8 Å². The van der Waals surface area contributed by atoms with Crippen LogP contribution in [0.4, 0.5) is 23.7 Å². The fourth-order valence-electron chi connectivity index (χ4n) is 4.64. The topological polar surface area (TPSA) is 116 Å². The van der Waals surface area contributed by atoms with Crippen molar-refractivity contribution in [2.24, 2.45) is 0 Å². The Balaban J connectivity index is 0.00000480. The number of thiazole rings is 1. The highest BCUT2D eigenvalue weighted by Crippen LogP contribution is 2.42. The van der Waals surface area contributed by atoms with Gasteiger partial charge >= 0.3 is 6.09 Å². The van der Waals surface area contributed by atoms with E-state index in [4.69, 9.17) is 14.5 Å². The van der Waals surface area contributed by atoms with Crippen molar-refractivity contribution < 1.29 is 37.1 Å². The van der Waals surface area contributed by atoms with Crippen LogP contribution in [-0.2, 0) is 20.5 Å². The van der Waals surface area contributed by atoms with Gasteiger partial charge in [-0.05, 0) is 80.8 Å². The van der Waals surface area contributed by atoms with Gasteiger partial charge in [-0.2, -0.15) is 0 Å². The van der Waals surface area contributed by atoms with E-state index in [1.165, 1.54) is 24.5 Å². The third-order valence-electron chi connectivity index (χ3n) is 6.74. The summed E-state index contributed by atoms with van der Waals surface area (Å²) in [5.41, 5.74) is 1.38. The van der Waals surface area contributed by atoms with Crippen LogP contribution in [0.25, 0.3) is 27.3 Å². The molecule has 0 bridgehead atoms. The van der Waals surface area contributed by atoms with Gasteiger partial charge in [-0.1, -0.05) is 12.1 Å². The maximum atomic E-state index is 16.5. The number of carbonyl (C=O) groups is 1. The van der Waals surface area contributed by atoms with Crippen LogP contribution in [0.3, 0.4) is 0 Å². The number of pyridine rings is 1. The molecule has 0 radical (unpaired) electrons. The molecule has 1 unspecified atom stereocenters. The van der Waals surface area contributed by atoms with Crippen LogP contribution in [0.5, 0.6) is 0 Å². The molecular formula is C32H33F3N4O5S2. The predicted molar refractivity (Wildman–Crippen MR) is 172 cm³/mol. The molecule has 0 saturated heterocycles. The monoisotopic (exact) mass is 674 g/mol. The van der Waals surface area contributed by atoms with E-state index in [-0.39, 0.29) is 23.5 Å². The van der Waals surface area contributed by atoms with E-state index in [0.717, 1.165) is 33.6 Å². The maximum Gasteiger partial charge on any atom is 0.410 e. The normalized spacial score (nSPS) is 13.9. The number of anilines is 1. The molecule has 1 amide bonds. The van der Waals surface area contributed by atoms with Gasteiger partial charge in [-0.25, -0.2) is 27.2 Å². The second-order valence-corrected chi connectivity index (χ2v) is 13.5. The minimum Gasteiger partial charge on any atom is -0.444 e. The van der Waals surface area contributed by atoms with Crippen LogP contribution in [0.2, 0.25) is 0 Å². The first kappa shape index (κ1) is 34.8. The molecule has 5 rings (SSSR count). The quantitative estimate of drug-likeness (QED) is 0.194. The molecule has 0 fully saturated rings. The molecule has 0 aliphatic carbocycles. The Hall–Kier alpha value is -4.11. The van der Waals surface area contributed by atoms with Crippen LogP contribution >= 0.6 is 11.3 Å². The van der Waals surface area contributed by atoms with Crippen LogP contribution in [0, 0.1) is 17.5 Å². The van der Waals surface area contributed by atoms with Crippen LogP contribution in [0.1, 0.15) is 32.2 Å². The van der Waals surface area contributed by atoms with Crippen molar-refractivity contribution in [2.45, 2.75) is 37.7 Å². The average molecular weight is 675 g/mol. The first-order valence-electron chi connectivity index (χ1n) is 14.0. The van der Waals surface area contributed by atoms with Crippen molar-refractivity contribution in [3.63, 3.8) is 0 Å². The fourth-order valence-corrected chi connectivity index (χ4v) is 7.00. The highest BCUT2D eigenvalue weighted by Gasteiger charge is 2.28. The van der Waals surface area contributed by atoms with Crippen molar-refractivity contribution >= 4 is 39.7 Å². The third-order valence-corrected chi connectivity index (χ3v) is 9.31. The summed E-state index contributed by atoms with van der Waals surface area (Å²) in [7, 11) is -1.02. The molecule has 2 aromatic carbocycles. The average Bonchev–Trinajstić information content (AvgIpc) is 3.46. The molecule has 2 N–H and O–H groups in total. The third kappa shape index (κ3) is 7.64. The van der Waals surface area contributed by atoms with Gasteiger partial charge in [0.2, 0.25) is 0 Å². The summed E-state index contributed by atoms with van der Waals surface area (Å²) in [5.74, 6) is -2.45. The number of nitrogens with zero attached hydrogens (tertiary/aromatic N) is 4. The Bertz CT molecular complexity index is 1760. The van der Waals surface area contributed by atoms with Gasteiger partial charge in [0.15, 0.2) is 16.8 Å². The number of halogens is 3. The van der Waals surface area contributed by atoms with Gasteiger partial charge in [-0.3, -0.25) is 9.29 Å². The molecule has 9 nitrogen and oxygen atoms in total. The summed E-state index contributed by atoms with van der Waals surface area (Å²) >= 11 is 1.38. The first-order valence-corrected chi connectivity index (χ1v) is 15.9. The smallest absolute Gasteiger partial charge is 0.410 e. The summed E-state index contributed by atoms with van der Waals surface area (Å²) in [6.07, 6.45) is 5.28. The summed E-state index contributed by atoms with van der Waals surface area (Å²) in [6, 6.07) is 10.7. The zero-order valence-electron chi connectivity index (χ0n) is 25.6. The number of aromatic nitrogens is 2. The SMILES string of the molecule is COCN(c1cccc(-c2nc(C3=CCN(C(=O)OC(C)(C)C)CC3)sc2-c2ccncc2)c1F)S(=O)c1cc(F)ccc1F.O. The van der Waals surface area contributed by atoms with E-state index in [1.807, 2.05) is 26.8 Å². The zero-order chi connectivity index (χ0) is 32.3. The van der Waals surface area contributed by atoms with E-state index in [2.05, 4.69) is 4.98 Å². The Kier molecular flexibility index (Phi) is 11.0. The minimum absolute atomic E-state index is 0. The van der Waals surface area contributed by atoms with Crippen molar-refractivity contribution in [1.82, 2.24) is 14.9 Å². The molecule has 244 valence electrons. The highest BCUT2D eigenvalue weighted by atomic mass is 32.2. The largest absolute Gasteiger partial charge is 0.444 e. The lowest BCUT2D eigenvalue weighted by atomic mass is 10.1. The Morgan fingerprint density at radius 3 is 2.50 bits per heavy atom. The van der Waals surface area contributed by atoms with Gasteiger partial charge in [-0.15, -0.1) is 11.3 Å². The second-order valence-electron chi connectivity index (χ2n) is 11.1. The van der Waals surface area contributed by atoms with E-state index in [1.54, 1.807) is 41.6 Å². The molecule has 3 heterocycles. The highest BCUT2D eigenvalue weighted by molar-refractivity contribution is 7.86. The molecule has 1 aliphatic heterocycles. The number of amides is 1. The minimum atomic E-state index is -2.35. The molecule has 1 atom stereocenters. The van der Waals surface area contributed by atoms with Gasteiger partial charge in [0.05, 0.1) is 21.2 Å². The summed E-state index contributed by atoms with van der Waals surface area (Å²) in [4.78, 5) is 23.4. The Morgan fingerprint density at radius 2 is 1.85 bits per heavy atom. The first-order chi connectivity index (χ1) is 21.5.